The quantitative estimate of drug-likeness (QED) is 0.828. The lowest BCUT2D eigenvalue weighted by molar-refractivity contribution is 0.00299. The van der Waals surface area contributed by atoms with Crippen LogP contribution in [0.1, 0.15) is 51.0 Å². The summed E-state index contributed by atoms with van der Waals surface area (Å²) in [6.07, 6.45) is 8.54. The van der Waals surface area contributed by atoms with Gasteiger partial charge in [-0.15, -0.1) is 0 Å². The third kappa shape index (κ3) is 3.49. The third-order valence-corrected chi connectivity index (χ3v) is 5.73. The van der Waals surface area contributed by atoms with Gasteiger partial charge < -0.3 is 0 Å². The van der Waals surface area contributed by atoms with Gasteiger partial charge in [0.1, 0.15) is 0 Å². The number of hydrogen-bond acceptors (Lipinski definition) is 2. The van der Waals surface area contributed by atoms with Crippen molar-refractivity contribution >= 4 is 0 Å². The maximum Gasteiger partial charge on any atom is 0.0234 e. The molecule has 1 saturated carbocycles. The summed E-state index contributed by atoms with van der Waals surface area (Å²) in [5.41, 5.74) is 1.99. The maximum absolute atomic E-state index is 2.83. The van der Waals surface area contributed by atoms with Crippen LogP contribution < -0.4 is 0 Å². The van der Waals surface area contributed by atoms with E-state index in [1.54, 1.807) is 0 Å². The van der Waals surface area contributed by atoms with Crippen molar-refractivity contribution in [3.05, 3.63) is 35.9 Å². The molecule has 2 fully saturated rings. The van der Waals surface area contributed by atoms with E-state index in [0.717, 1.165) is 6.54 Å². The highest BCUT2D eigenvalue weighted by molar-refractivity contribution is 5.14. The molecule has 21 heavy (non-hydrogen) atoms. The van der Waals surface area contributed by atoms with Gasteiger partial charge in [0.25, 0.3) is 0 Å². The van der Waals surface area contributed by atoms with E-state index in [1.807, 2.05) is 0 Å². The Labute approximate surface area is 130 Å². The first-order valence-electron chi connectivity index (χ1n) is 8.84. The minimum atomic E-state index is 0.539. The summed E-state index contributed by atoms with van der Waals surface area (Å²) >= 11 is 0. The molecule has 0 radical (unpaired) electrons. The number of nitrogens with zero attached hydrogens (tertiary/aromatic N) is 2. The second-order valence-electron chi connectivity index (χ2n) is 6.89. The van der Waals surface area contributed by atoms with Crippen LogP contribution in [-0.2, 0) is 6.54 Å². The van der Waals surface area contributed by atoms with Gasteiger partial charge >= 0.3 is 0 Å². The summed E-state index contributed by atoms with van der Waals surface area (Å²) in [5, 5.41) is 0. The third-order valence-electron chi connectivity index (χ3n) is 5.73. The molecule has 116 valence electrons. The fourth-order valence-electron chi connectivity index (χ4n) is 4.33. The van der Waals surface area contributed by atoms with Crippen molar-refractivity contribution in [2.75, 3.05) is 26.2 Å². The van der Waals surface area contributed by atoms with Gasteiger partial charge in [-0.3, -0.25) is 9.80 Å². The summed E-state index contributed by atoms with van der Waals surface area (Å²) in [5.74, 6) is 0. The van der Waals surface area contributed by atoms with Crippen LogP contribution in [-0.4, -0.2) is 41.5 Å². The Balaban J connectivity index is 1.54. The molecule has 1 aliphatic heterocycles. The number of hydrogen-bond donors (Lipinski definition) is 0. The molecule has 1 aliphatic carbocycles. The fraction of sp³-hybridized carbons (Fsp3) is 0.684. The highest BCUT2D eigenvalue weighted by Crippen LogP contribution is 2.36. The average molecular weight is 286 g/mol. The van der Waals surface area contributed by atoms with E-state index in [2.05, 4.69) is 47.1 Å². The molecule has 2 aliphatic rings. The Hall–Kier alpha value is -0.860. The standard InChI is InChI=1S/C19H30N2/c1-2-19(11-7-4-8-12-19)21-15-13-20(14-16-21)17-18-9-5-3-6-10-18/h3,5-6,9-10H,2,4,7-8,11-17H2,1H3. The van der Waals surface area contributed by atoms with Crippen molar-refractivity contribution in [1.29, 1.82) is 0 Å². The lowest BCUT2D eigenvalue weighted by Crippen LogP contribution is -2.57. The Morgan fingerprint density at radius 2 is 1.57 bits per heavy atom. The Bertz CT molecular complexity index is 414. The summed E-state index contributed by atoms with van der Waals surface area (Å²) in [4.78, 5) is 5.45. The van der Waals surface area contributed by atoms with E-state index in [1.165, 1.54) is 70.3 Å². The highest BCUT2D eigenvalue weighted by atomic mass is 15.3. The van der Waals surface area contributed by atoms with Crippen LogP contribution in [0.4, 0.5) is 0 Å². The normalized spacial score (nSPS) is 24.0. The molecule has 0 bridgehead atoms. The molecule has 0 amide bonds. The van der Waals surface area contributed by atoms with Gasteiger partial charge in [-0.2, -0.15) is 0 Å². The average Bonchev–Trinajstić information content (AvgIpc) is 2.57. The van der Waals surface area contributed by atoms with Gasteiger partial charge in [0.15, 0.2) is 0 Å². The molecule has 0 unspecified atom stereocenters. The van der Waals surface area contributed by atoms with Crippen LogP contribution >= 0.6 is 0 Å². The Kier molecular flexibility index (Phi) is 4.97. The second-order valence-corrected chi connectivity index (χ2v) is 6.89. The van der Waals surface area contributed by atoms with Gasteiger partial charge in [-0.25, -0.2) is 0 Å². The minimum absolute atomic E-state index is 0.539. The molecule has 1 heterocycles. The van der Waals surface area contributed by atoms with E-state index in [-0.39, 0.29) is 0 Å². The molecule has 3 rings (SSSR count). The molecule has 1 aromatic carbocycles. The summed E-state index contributed by atoms with van der Waals surface area (Å²) in [6, 6.07) is 10.9. The zero-order valence-corrected chi connectivity index (χ0v) is 13.6. The molecular weight excluding hydrogens is 256 g/mol. The molecule has 2 heteroatoms. The molecule has 1 saturated heterocycles. The van der Waals surface area contributed by atoms with E-state index >= 15 is 0 Å². The largest absolute Gasteiger partial charge is 0.297 e. The topological polar surface area (TPSA) is 6.48 Å². The van der Waals surface area contributed by atoms with Gasteiger partial charge in [0.05, 0.1) is 0 Å². The first-order valence-corrected chi connectivity index (χ1v) is 8.84. The second kappa shape index (κ2) is 6.93. The number of piperazine rings is 1. The smallest absolute Gasteiger partial charge is 0.0234 e. The molecular formula is C19H30N2. The van der Waals surface area contributed by atoms with Crippen LogP contribution in [0, 0.1) is 0 Å². The summed E-state index contributed by atoms with van der Waals surface area (Å²) in [6.45, 7) is 8.52. The van der Waals surface area contributed by atoms with Crippen molar-refractivity contribution < 1.29 is 0 Å². The zero-order chi connectivity index (χ0) is 14.5. The molecule has 1 aromatic rings. The zero-order valence-electron chi connectivity index (χ0n) is 13.6. The molecule has 0 N–H and O–H groups in total. The van der Waals surface area contributed by atoms with Crippen LogP contribution in [0.3, 0.4) is 0 Å². The first kappa shape index (κ1) is 15.1. The lowest BCUT2D eigenvalue weighted by atomic mass is 9.78. The molecule has 0 aromatic heterocycles. The lowest BCUT2D eigenvalue weighted by Gasteiger charge is -2.49. The van der Waals surface area contributed by atoms with E-state index in [0.29, 0.717) is 5.54 Å². The summed E-state index contributed by atoms with van der Waals surface area (Å²) in [7, 11) is 0. The first-order chi connectivity index (χ1) is 10.3. The van der Waals surface area contributed by atoms with Gasteiger partial charge in [0, 0.05) is 38.3 Å². The number of benzene rings is 1. The fourth-order valence-corrected chi connectivity index (χ4v) is 4.33. The van der Waals surface area contributed by atoms with Crippen molar-refractivity contribution in [3.63, 3.8) is 0 Å². The predicted octanol–water partition coefficient (Wildman–Crippen LogP) is 3.92. The Morgan fingerprint density at radius 1 is 0.905 bits per heavy atom. The predicted molar refractivity (Wildman–Crippen MR) is 89.4 cm³/mol. The van der Waals surface area contributed by atoms with Gasteiger partial charge in [-0.05, 0) is 24.8 Å². The van der Waals surface area contributed by atoms with Crippen molar-refractivity contribution in [3.8, 4) is 0 Å². The van der Waals surface area contributed by atoms with E-state index < -0.39 is 0 Å². The minimum Gasteiger partial charge on any atom is -0.297 e. The monoisotopic (exact) mass is 286 g/mol. The van der Waals surface area contributed by atoms with E-state index in [9.17, 15) is 0 Å². The maximum atomic E-state index is 2.83. The highest BCUT2D eigenvalue weighted by Gasteiger charge is 2.37. The Morgan fingerprint density at radius 3 is 2.19 bits per heavy atom. The van der Waals surface area contributed by atoms with Gasteiger partial charge in [-0.1, -0.05) is 56.5 Å². The number of rotatable bonds is 4. The van der Waals surface area contributed by atoms with Crippen molar-refractivity contribution in [2.24, 2.45) is 0 Å². The summed E-state index contributed by atoms with van der Waals surface area (Å²) < 4.78 is 0. The van der Waals surface area contributed by atoms with Crippen molar-refractivity contribution in [1.82, 2.24) is 9.80 Å². The van der Waals surface area contributed by atoms with Gasteiger partial charge in [0.2, 0.25) is 0 Å². The molecule has 0 atom stereocenters. The molecule has 0 spiro atoms. The molecule has 2 nitrogen and oxygen atoms in total. The van der Waals surface area contributed by atoms with Crippen LogP contribution in [0.5, 0.6) is 0 Å². The van der Waals surface area contributed by atoms with Crippen LogP contribution in [0.25, 0.3) is 0 Å². The SMILES string of the molecule is CCC1(N2CCN(Cc3ccccc3)CC2)CCCCC1. The van der Waals surface area contributed by atoms with Crippen LogP contribution in [0.15, 0.2) is 30.3 Å². The van der Waals surface area contributed by atoms with Crippen LogP contribution in [0.2, 0.25) is 0 Å². The van der Waals surface area contributed by atoms with Crippen molar-refractivity contribution in [2.45, 2.75) is 57.5 Å². The van der Waals surface area contributed by atoms with E-state index in [4.69, 9.17) is 0 Å².